The van der Waals surface area contributed by atoms with E-state index >= 15 is 0 Å². The molecular formula is C14H11ClN2O3. The molecule has 1 aliphatic rings. The van der Waals surface area contributed by atoms with Gasteiger partial charge in [-0.1, -0.05) is 16.8 Å². The van der Waals surface area contributed by atoms with Crippen LogP contribution in [0.25, 0.3) is 10.9 Å². The second kappa shape index (κ2) is 4.45. The van der Waals surface area contributed by atoms with Gasteiger partial charge in [0, 0.05) is 23.6 Å². The van der Waals surface area contributed by atoms with E-state index in [9.17, 15) is 4.79 Å². The molecule has 0 fully saturated rings. The number of nitrogens with zero attached hydrogens (tertiary/aromatic N) is 2. The molecule has 1 atom stereocenters. The number of oxime groups is 1. The van der Waals surface area contributed by atoms with E-state index in [2.05, 4.69) is 10.1 Å². The van der Waals surface area contributed by atoms with Crippen LogP contribution in [0, 0.1) is 0 Å². The molecule has 1 aromatic carbocycles. The van der Waals surface area contributed by atoms with E-state index in [1.807, 2.05) is 6.07 Å². The summed E-state index contributed by atoms with van der Waals surface area (Å²) in [4.78, 5) is 20.6. The van der Waals surface area contributed by atoms with E-state index in [4.69, 9.17) is 21.5 Å². The lowest BCUT2D eigenvalue weighted by molar-refractivity contribution is -0.160. The van der Waals surface area contributed by atoms with Crippen molar-refractivity contribution in [3.8, 4) is 0 Å². The number of aromatic nitrogens is 1. The van der Waals surface area contributed by atoms with E-state index < -0.39 is 11.6 Å². The number of aliphatic carboxylic acids is 1. The summed E-state index contributed by atoms with van der Waals surface area (Å²) in [5.41, 5.74) is 0.679. The second-order valence-corrected chi connectivity index (χ2v) is 5.24. The zero-order chi connectivity index (χ0) is 14.3. The molecule has 0 spiro atoms. The maximum Gasteiger partial charge on any atom is 0.351 e. The van der Waals surface area contributed by atoms with E-state index in [0.29, 0.717) is 16.3 Å². The van der Waals surface area contributed by atoms with E-state index in [0.717, 1.165) is 10.9 Å². The minimum Gasteiger partial charge on any atom is -0.478 e. The summed E-state index contributed by atoms with van der Waals surface area (Å²) in [6.07, 6.45) is 1.85. The Morgan fingerprint density at radius 2 is 2.25 bits per heavy atom. The Hall–Kier alpha value is -2.14. The topological polar surface area (TPSA) is 71.8 Å². The Morgan fingerprint density at radius 3 is 2.95 bits per heavy atom. The quantitative estimate of drug-likeness (QED) is 0.923. The molecule has 0 saturated carbocycles. The first-order chi connectivity index (χ1) is 9.51. The normalized spacial score (nSPS) is 21.6. The Kier molecular flexibility index (Phi) is 2.87. The molecule has 2 aromatic rings. The van der Waals surface area contributed by atoms with Crippen molar-refractivity contribution in [1.82, 2.24) is 4.98 Å². The third kappa shape index (κ3) is 1.91. The minimum absolute atomic E-state index is 0.190. The first-order valence-corrected chi connectivity index (χ1v) is 6.41. The molecule has 3 rings (SSSR count). The van der Waals surface area contributed by atoms with Crippen LogP contribution in [0.1, 0.15) is 18.9 Å². The van der Waals surface area contributed by atoms with Crippen LogP contribution in [0.2, 0.25) is 5.02 Å². The highest BCUT2D eigenvalue weighted by Gasteiger charge is 2.42. The highest BCUT2D eigenvalue weighted by atomic mass is 35.5. The number of hydrogen-bond donors (Lipinski definition) is 1. The monoisotopic (exact) mass is 290 g/mol. The average molecular weight is 291 g/mol. The van der Waals surface area contributed by atoms with Gasteiger partial charge in [-0.25, -0.2) is 4.79 Å². The number of hydrogen-bond acceptors (Lipinski definition) is 4. The average Bonchev–Trinajstić information content (AvgIpc) is 2.83. The Bertz CT molecular complexity index is 744. The molecule has 1 aliphatic heterocycles. The molecule has 1 unspecified atom stereocenters. The molecule has 0 aliphatic carbocycles. The van der Waals surface area contributed by atoms with Crippen LogP contribution >= 0.6 is 11.6 Å². The summed E-state index contributed by atoms with van der Waals surface area (Å²) in [6, 6.07) is 7.19. The zero-order valence-electron chi connectivity index (χ0n) is 10.6. The van der Waals surface area contributed by atoms with Gasteiger partial charge in [0.05, 0.1) is 16.3 Å². The van der Waals surface area contributed by atoms with Gasteiger partial charge in [-0.2, -0.15) is 0 Å². The van der Waals surface area contributed by atoms with Crippen LogP contribution in [0.3, 0.4) is 0 Å². The summed E-state index contributed by atoms with van der Waals surface area (Å²) >= 11 is 6.14. The number of benzene rings is 1. The van der Waals surface area contributed by atoms with Crippen molar-refractivity contribution >= 4 is 34.2 Å². The lowest BCUT2D eigenvalue weighted by Gasteiger charge is -2.14. The molecule has 0 saturated heterocycles. The van der Waals surface area contributed by atoms with Crippen LogP contribution in [0.4, 0.5) is 0 Å². The van der Waals surface area contributed by atoms with Crippen LogP contribution in [-0.4, -0.2) is 27.4 Å². The number of carboxylic acid groups (broad SMARTS) is 1. The first kappa shape index (κ1) is 12.9. The summed E-state index contributed by atoms with van der Waals surface area (Å²) in [5.74, 6) is -1.04. The maximum absolute atomic E-state index is 11.2. The second-order valence-electron chi connectivity index (χ2n) is 4.84. The Balaban J connectivity index is 2.09. The molecule has 0 amide bonds. The van der Waals surface area contributed by atoms with E-state index in [-0.39, 0.29) is 6.42 Å². The third-order valence-electron chi connectivity index (χ3n) is 3.34. The summed E-state index contributed by atoms with van der Waals surface area (Å²) in [6.45, 7) is 1.50. The van der Waals surface area contributed by atoms with Gasteiger partial charge in [-0.05, 0) is 31.2 Å². The Morgan fingerprint density at radius 1 is 1.45 bits per heavy atom. The molecule has 0 radical (unpaired) electrons. The van der Waals surface area contributed by atoms with Crippen molar-refractivity contribution in [3.05, 3.63) is 41.0 Å². The third-order valence-corrected chi connectivity index (χ3v) is 3.67. The van der Waals surface area contributed by atoms with Crippen molar-refractivity contribution < 1.29 is 14.7 Å². The standard InChI is InChI=1S/C14H11ClN2O3/c1-14(13(18)19)7-11(17-20-14)9-4-5-10(15)8-3-2-6-16-12(8)9/h2-6H,7H2,1H3,(H,18,19). The SMILES string of the molecule is CC1(C(=O)O)CC(c2ccc(Cl)c3cccnc23)=NO1. The summed E-state index contributed by atoms with van der Waals surface area (Å²) in [5, 5.41) is 14.5. The summed E-state index contributed by atoms with van der Waals surface area (Å²) < 4.78 is 0. The van der Waals surface area contributed by atoms with E-state index in [1.54, 1.807) is 24.4 Å². The largest absolute Gasteiger partial charge is 0.478 e. The zero-order valence-corrected chi connectivity index (χ0v) is 11.4. The molecular weight excluding hydrogens is 280 g/mol. The molecule has 2 heterocycles. The summed E-state index contributed by atoms with van der Waals surface area (Å²) in [7, 11) is 0. The van der Waals surface area contributed by atoms with Gasteiger partial charge in [-0.3, -0.25) is 4.98 Å². The van der Waals surface area contributed by atoms with E-state index in [1.165, 1.54) is 6.92 Å². The number of carboxylic acids is 1. The minimum atomic E-state index is -1.32. The highest BCUT2D eigenvalue weighted by Crippen LogP contribution is 2.31. The Labute approximate surface area is 119 Å². The molecule has 6 heteroatoms. The predicted octanol–water partition coefficient (Wildman–Crippen LogP) is 2.86. The smallest absolute Gasteiger partial charge is 0.351 e. The molecule has 20 heavy (non-hydrogen) atoms. The van der Waals surface area contributed by atoms with Crippen molar-refractivity contribution in [1.29, 1.82) is 0 Å². The van der Waals surface area contributed by atoms with Gasteiger partial charge in [0.25, 0.3) is 0 Å². The van der Waals surface area contributed by atoms with Gasteiger partial charge >= 0.3 is 5.97 Å². The van der Waals surface area contributed by atoms with Gasteiger partial charge < -0.3 is 9.94 Å². The fourth-order valence-electron chi connectivity index (χ4n) is 2.17. The number of pyridine rings is 1. The van der Waals surface area contributed by atoms with Crippen LogP contribution < -0.4 is 0 Å². The fraction of sp³-hybridized carbons (Fsp3) is 0.214. The highest BCUT2D eigenvalue weighted by molar-refractivity contribution is 6.36. The number of halogens is 1. The first-order valence-electron chi connectivity index (χ1n) is 6.03. The van der Waals surface area contributed by atoms with Crippen LogP contribution in [0.5, 0.6) is 0 Å². The van der Waals surface area contributed by atoms with Gasteiger partial charge in [-0.15, -0.1) is 0 Å². The van der Waals surface area contributed by atoms with Crippen molar-refractivity contribution in [3.63, 3.8) is 0 Å². The number of carbonyl (C=O) groups is 1. The van der Waals surface area contributed by atoms with Crippen molar-refractivity contribution in [2.45, 2.75) is 18.9 Å². The van der Waals surface area contributed by atoms with Gasteiger partial charge in [0.15, 0.2) is 0 Å². The fourth-order valence-corrected chi connectivity index (χ4v) is 2.39. The maximum atomic E-state index is 11.2. The predicted molar refractivity (Wildman–Crippen MR) is 75.0 cm³/mol. The molecule has 5 nitrogen and oxygen atoms in total. The van der Waals surface area contributed by atoms with Crippen LogP contribution in [0.15, 0.2) is 35.6 Å². The number of rotatable bonds is 2. The number of fused-ring (bicyclic) bond motifs is 1. The lowest BCUT2D eigenvalue weighted by atomic mass is 9.95. The van der Waals surface area contributed by atoms with Crippen molar-refractivity contribution in [2.75, 3.05) is 0 Å². The van der Waals surface area contributed by atoms with Gasteiger partial charge in [0.2, 0.25) is 5.60 Å². The lowest BCUT2D eigenvalue weighted by Crippen LogP contribution is -2.35. The van der Waals surface area contributed by atoms with Crippen LogP contribution in [-0.2, 0) is 9.63 Å². The molecule has 102 valence electrons. The van der Waals surface area contributed by atoms with Crippen molar-refractivity contribution in [2.24, 2.45) is 5.16 Å². The molecule has 1 aromatic heterocycles. The van der Waals surface area contributed by atoms with Gasteiger partial charge in [0.1, 0.15) is 0 Å². The molecule has 1 N–H and O–H groups in total. The molecule has 0 bridgehead atoms.